The van der Waals surface area contributed by atoms with Gasteiger partial charge in [-0.1, -0.05) is 0 Å². The first-order valence-electron chi connectivity index (χ1n) is 7.10. The van der Waals surface area contributed by atoms with Crippen LogP contribution >= 0.6 is 0 Å². The van der Waals surface area contributed by atoms with Gasteiger partial charge in [0.05, 0.1) is 17.9 Å². The maximum atomic E-state index is 12.5. The SMILES string of the molecule is Cc1nn(CCN)c(C)c1S(=O)(=O)NC(C)CCN(C)C. The zero-order valence-electron chi connectivity index (χ0n) is 13.5. The van der Waals surface area contributed by atoms with E-state index in [2.05, 4.69) is 9.82 Å². The van der Waals surface area contributed by atoms with Crippen molar-refractivity contribution >= 4 is 10.0 Å². The fourth-order valence-electron chi connectivity index (χ4n) is 2.24. The number of aromatic nitrogens is 2. The smallest absolute Gasteiger partial charge is 0.244 e. The van der Waals surface area contributed by atoms with E-state index in [1.165, 1.54) is 0 Å². The van der Waals surface area contributed by atoms with Crippen LogP contribution in [0.1, 0.15) is 24.7 Å². The first-order valence-corrected chi connectivity index (χ1v) is 8.58. The van der Waals surface area contributed by atoms with Crippen LogP contribution in [0.4, 0.5) is 0 Å². The summed E-state index contributed by atoms with van der Waals surface area (Å²) in [6, 6.07) is -0.131. The second kappa shape index (κ2) is 7.35. The Kier molecular flexibility index (Phi) is 6.33. The van der Waals surface area contributed by atoms with Gasteiger partial charge in [-0.3, -0.25) is 4.68 Å². The molecule has 0 saturated heterocycles. The molecule has 3 N–H and O–H groups in total. The first-order chi connectivity index (χ1) is 9.69. The minimum absolute atomic E-state index is 0.131. The number of aryl methyl sites for hydroxylation is 1. The fourth-order valence-corrected chi connectivity index (χ4v) is 3.93. The zero-order chi connectivity index (χ0) is 16.2. The van der Waals surface area contributed by atoms with Crippen LogP contribution in [0.3, 0.4) is 0 Å². The van der Waals surface area contributed by atoms with Gasteiger partial charge in [-0.25, -0.2) is 13.1 Å². The van der Waals surface area contributed by atoms with E-state index in [1.54, 1.807) is 18.5 Å². The average molecular weight is 317 g/mol. The molecule has 0 aliphatic carbocycles. The second-order valence-electron chi connectivity index (χ2n) is 5.63. The minimum atomic E-state index is -3.56. The second-order valence-corrected chi connectivity index (χ2v) is 7.28. The number of nitrogens with one attached hydrogen (secondary N) is 1. The number of hydrogen-bond acceptors (Lipinski definition) is 5. The Morgan fingerprint density at radius 3 is 2.52 bits per heavy atom. The maximum Gasteiger partial charge on any atom is 0.244 e. The molecular weight excluding hydrogens is 290 g/mol. The molecule has 0 aromatic carbocycles. The van der Waals surface area contributed by atoms with Crippen LogP contribution < -0.4 is 10.5 Å². The van der Waals surface area contributed by atoms with Crippen molar-refractivity contribution in [3.63, 3.8) is 0 Å². The molecule has 0 fully saturated rings. The summed E-state index contributed by atoms with van der Waals surface area (Å²) in [5.74, 6) is 0. The summed E-state index contributed by atoms with van der Waals surface area (Å²) >= 11 is 0. The molecule has 0 aliphatic rings. The van der Waals surface area contributed by atoms with Crippen LogP contribution in [0.2, 0.25) is 0 Å². The summed E-state index contributed by atoms with van der Waals surface area (Å²) in [5.41, 5.74) is 6.65. The van der Waals surface area contributed by atoms with Gasteiger partial charge >= 0.3 is 0 Å². The average Bonchev–Trinajstić information content (AvgIpc) is 2.62. The van der Waals surface area contributed by atoms with Gasteiger partial charge in [0.1, 0.15) is 4.90 Å². The molecule has 1 unspecified atom stereocenters. The molecule has 0 radical (unpaired) electrons. The Morgan fingerprint density at radius 1 is 1.38 bits per heavy atom. The number of nitrogens with zero attached hydrogens (tertiary/aromatic N) is 3. The standard InChI is InChI=1S/C13H27N5O2S/c1-10(6-8-17(4)5)16-21(19,20)13-11(2)15-18(9-7-14)12(13)3/h10,16H,6-9,14H2,1-5H3. The number of hydrogen-bond donors (Lipinski definition) is 2. The molecule has 21 heavy (non-hydrogen) atoms. The molecule has 0 aliphatic heterocycles. The highest BCUT2D eigenvalue weighted by Gasteiger charge is 2.25. The maximum absolute atomic E-state index is 12.5. The number of rotatable bonds is 8. The van der Waals surface area contributed by atoms with E-state index in [9.17, 15) is 8.42 Å². The van der Waals surface area contributed by atoms with E-state index in [0.717, 1.165) is 13.0 Å². The topological polar surface area (TPSA) is 93.2 Å². The Morgan fingerprint density at radius 2 is 2.00 bits per heavy atom. The zero-order valence-corrected chi connectivity index (χ0v) is 14.4. The molecule has 8 heteroatoms. The van der Waals surface area contributed by atoms with Gasteiger partial charge in [-0.15, -0.1) is 0 Å². The summed E-state index contributed by atoms with van der Waals surface area (Å²) in [4.78, 5) is 2.30. The van der Waals surface area contributed by atoms with Crippen LogP contribution in [0.15, 0.2) is 4.90 Å². The Bertz CT molecular complexity index is 565. The van der Waals surface area contributed by atoms with Gasteiger partial charge in [0.25, 0.3) is 0 Å². The van der Waals surface area contributed by atoms with Crippen molar-refractivity contribution in [3.05, 3.63) is 11.4 Å². The summed E-state index contributed by atoms with van der Waals surface area (Å²) in [5, 5.41) is 4.26. The van der Waals surface area contributed by atoms with Crippen LogP contribution in [-0.4, -0.2) is 56.3 Å². The number of nitrogens with two attached hydrogens (primary N) is 1. The van der Waals surface area contributed by atoms with Crippen molar-refractivity contribution in [2.24, 2.45) is 5.73 Å². The molecular formula is C13H27N5O2S. The molecule has 1 atom stereocenters. The van der Waals surface area contributed by atoms with Crippen molar-refractivity contribution in [1.29, 1.82) is 0 Å². The molecule has 0 saturated carbocycles. The predicted octanol–water partition coefficient (Wildman–Crippen LogP) is 0.0771. The van der Waals surface area contributed by atoms with Crippen molar-refractivity contribution in [1.82, 2.24) is 19.4 Å². The van der Waals surface area contributed by atoms with E-state index in [0.29, 0.717) is 24.5 Å². The number of sulfonamides is 1. The van der Waals surface area contributed by atoms with Gasteiger partial charge in [-0.05, 0) is 47.8 Å². The lowest BCUT2D eigenvalue weighted by Gasteiger charge is -2.17. The Balaban J connectivity index is 2.93. The summed E-state index contributed by atoms with van der Waals surface area (Å²) in [6.45, 7) is 7.10. The molecule has 1 rings (SSSR count). The molecule has 0 bridgehead atoms. The Hall–Kier alpha value is -0.960. The van der Waals surface area contributed by atoms with Gasteiger partial charge in [0.2, 0.25) is 10.0 Å². The van der Waals surface area contributed by atoms with Crippen molar-refractivity contribution in [3.8, 4) is 0 Å². The van der Waals surface area contributed by atoms with Gasteiger partial charge in [-0.2, -0.15) is 5.10 Å². The van der Waals surface area contributed by atoms with E-state index in [1.807, 2.05) is 25.9 Å². The lowest BCUT2D eigenvalue weighted by Crippen LogP contribution is -2.35. The van der Waals surface area contributed by atoms with E-state index < -0.39 is 10.0 Å². The lowest BCUT2D eigenvalue weighted by atomic mass is 10.2. The largest absolute Gasteiger partial charge is 0.329 e. The van der Waals surface area contributed by atoms with Crippen LogP contribution in [0.5, 0.6) is 0 Å². The van der Waals surface area contributed by atoms with Gasteiger partial charge in [0.15, 0.2) is 0 Å². The monoisotopic (exact) mass is 317 g/mol. The minimum Gasteiger partial charge on any atom is -0.329 e. The third-order valence-corrected chi connectivity index (χ3v) is 5.13. The summed E-state index contributed by atoms with van der Waals surface area (Å²) < 4.78 is 29.4. The normalized spacial score (nSPS) is 13.9. The van der Waals surface area contributed by atoms with E-state index >= 15 is 0 Å². The quantitative estimate of drug-likeness (QED) is 0.708. The predicted molar refractivity (Wildman–Crippen MR) is 83.7 cm³/mol. The lowest BCUT2D eigenvalue weighted by molar-refractivity contribution is 0.379. The van der Waals surface area contributed by atoms with Crippen molar-refractivity contribution < 1.29 is 8.42 Å². The van der Waals surface area contributed by atoms with Crippen LogP contribution in [0.25, 0.3) is 0 Å². The van der Waals surface area contributed by atoms with Gasteiger partial charge in [0, 0.05) is 12.6 Å². The molecule has 1 aromatic heterocycles. The van der Waals surface area contributed by atoms with Crippen molar-refractivity contribution in [2.45, 2.75) is 44.7 Å². The molecule has 1 heterocycles. The first kappa shape index (κ1) is 18.1. The highest BCUT2D eigenvalue weighted by atomic mass is 32.2. The Labute approximate surface area is 127 Å². The third-order valence-electron chi connectivity index (χ3n) is 3.29. The summed E-state index contributed by atoms with van der Waals surface area (Å²) in [6.07, 6.45) is 0.751. The van der Waals surface area contributed by atoms with Crippen LogP contribution in [0, 0.1) is 13.8 Å². The highest BCUT2D eigenvalue weighted by molar-refractivity contribution is 7.89. The summed E-state index contributed by atoms with van der Waals surface area (Å²) in [7, 11) is 0.370. The molecule has 1 aromatic rings. The van der Waals surface area contributed by atoms with E-state index in [4.69, 9.17) is 5.73 Å². The molecule has 0 amide bonds. The molecule has 122 valence electrons. The third kappa shape index (κ3) is 4.77. The van der Waals surface area contributed by atoms with Gasteiger partial charge < -0.3 is 10.6 Å². The van der Waals surface area contributed by atoms with E-state index in [-0.39, 0.29) is 10.9 Å². The fraction of sp³-hybridized carbons (Fsp3) is 0.769. The highest BCUT2D eigenvalue weighted by Crippen LogP contribution is 2.19. The molecule has 7 nitrogen and oxygen atoms in total. The van der Waals surface area contributed by atoms with Crippen molar-refractivity contribution in [2.75, 3.05) is 27.2 Å². The molecule has 0 spiro atoms. The van der Waals surface area contributed by atoms with Crippen LogP contribution in [-0.2, 0) is 16.6 Å².